The summed E-state index contributed by atoms with van der Waals surface area (Å²) < 4.78 is 0. The van der Waals surface area contributed by atoms with Gasteiger partial charge in [-0.2, -0.15) is 0 Å². The van der Waals surface area contributed by atoms with Crippen LogP contribution in [0.5, 0.6) is 0 Å². The Morgan fingerprint density at radius 3 is 1.29 bits per heavy atom. The Labute approximate surface area is 317 Å². The Kier molecular flexibility index (Phi) is 21.8. The molecule has 0 fully saturated rings. The minimum atomic E-state index is -1.70. The molecule has 6 amide bonds. The summed E-state index contributed by atoms with van der Waals surface area (Å²) in [6.07, 6.45) is -4.72. The van der Waals surface area contributed by atoms with Crippen molar-refractivity contribution in [1.29, 1.82) is 0 Å². The second-order valence-electron chi connectivity index (χ2n) is 13.4. The van der Waals surface area contributed by atoms with Crippen molar-refractivity contribution < 1.29 is 73.5 Å². The Hall–Kier alpha value is -5.38. The van der Waals surface area contributed by atoms with Gasteiger partial charge in [-0.15, -0.1) is 0 Å². The van der Waals surface area contributed by atoms with E-state index in [1.54, 1.807) is 27.7 Å². The second kappa shape index (κ2) is 24.1. The first-order valence-electron chi connectivity index (χ1n) is 17.6. The van der Waals surface area contributed by atoms with E-state index < -0.39 is 152 Å². The monoisotopic (exact) mass is 789 g/mol. The molecule has 0 unspecified atom stereocenters. The van der Waals surface area contributed by atoms with Gasteiger partial charge < -0.3 is 63.2 Å². The molecular weight excluding hydrogens is 734 g/mol. The van der Waals surface area contributed by atoms with Crippen LogP contribution in [-0.2, 0) is 47.9 Å². The standard InChI is InChI=1S/C33H55N7O15/c1-7-15(4)25(31(52)35-16(5)27(48)38-20(33(54)55)10-13-23(46)47)39-29(50)19(9-12-22(44)45)36-28(49)18(8-11-21(42)43)37-32(53)26(17(6)41)40-30(51)24(34)14(2)3/h14-20,24-26,41H,7-13,34H2,1-6H3,(H,35,52)(H,36,49)(H,37,53)(H,38,48)(H,39,50)(H,40,51)(H,42,43)(H,44,45)(H,46,47)(H,54,55)/t15-,16-,17+,18-,19-,20-,24-,25-,26-/m0/s1. The summed E-state index contributed by atoms with van der Waals surface area (Å²) in [5, 5.41) is 60.7. The van der Waals surface area contributed by atoms with Crippen molar-refractivity contribution in [3.8, 4) is 0 Å². The van der Waals surface area contributed by atoms with Crippen molar-refractivity contribution in [3.63, 3.8) is 0 Å². The maximum atomic E-state index is 13.6. The Morgan fingerprint density at radius 2 is 0.891 bits per heavy atom. The van der Waals surface area contributed by atoms with E-state index >= 15 is 0 Å². The summed E-state index contributed by atoms with van der Waals surface area (Å²) in [7, 11) is 0. The highest BCUT2D eigenvalue weighted by Gasteiger charge is 2.35. The maximum absolute atomic E-state index is 13.6. The number of carbonyl (C=O) groups is 10. The average molecular weight is 790 g/mol. The lowest BCUT2D eigenvalue weighted by molar-refractivity contribution is -0.143. The maximum Gasteiger partial charge on any atom is 0.326 e. The Balaban J connectivity index is 6.25. The van der Waals surface area contributed by atoms with Gasteiger partial charge in [-0.3, -0.25) is 43.2 Å². The average Bonchev–Trinajstić information content (AvgIpc) is 3.09. The zero-order chi connectivity index (χ0) is 42.7. The molecule has 22 heteroatoms. The van der Waals surface area contributed by atoms with Gasteiger partial charge in [0.05, 0.1) is 12.1 Å². The number of amides is 6. The SMILES string of the molecule is CC[C@H](C)[C@H](NC(=O)[C@H](CCC(=O)O)NC(=O)[C@H](CCC(=O)O)NC(=O)[C@@H](NC(=O)[C@@H](N)C(C)C)[C@@H](C)O)C(=O)N[C@@H](C)C(=O)N[C@@H](CCC(=O)O)C(=O)O. The third-order valence-corrected chi connectivity index (χ3v) is 8.45. The fourth-order valence-electron chi connectivity index (χ4n) is 4.71. The van der Waals surface area contributed by atoms with Crippen molar-refractivity contribution in [2.75, 3.05) is 0 Å². The number of aliphatic hydroxyl groups excluding tert-OH is 1. The first-order valence-corrected chi connectivity index (χ1v) is 17.6. The van der Waals surface area contributed by atoms with Crippen LogP contribution in [0.2, 0.25) is 0 Å². The summed E-state index contributed by atoms with van der Waals surface area (Å²) >= 11 is 0. The number of carboxylic acids is 4. The molecule has 0 aliphatic carbocycles. The highest BCUT2D eigenvalue weighted by Crippen LogP contribution is 2.11. The van der Waals surface area contributed by atoms with Gasteiger partial charge in [0.1, 0.15) is 36.3 Å². The molecule has 0 aromatic heterocycles. The third kappa shape index (κ3) is 18.5. The Morgan fingerprint density at radius 1 is 0.509 bits per heavy atom. The van der Waals surface area contributed by atoms with E-state index in [-0.39, 0.29) is 12.3 Å². The summed E-state index contributed by atoms with van der Waals surface area (Å²) in [6, 6.07) is -10.5. The molecule has 9 atom stereocenters. The molecule has 0 bridgehead atoms. The lowest BCUT2D eigenvalue weighted by Crippen LogP contribution is -2.61. The first-order chi connectivity index (χ1) is 25.4. The minimum Gasteiger partial charge on any atom is -0.481 e. The molecule has 22 nitrogen and oxygen atoms in total. The number of hydrogen-bond donors (Lipinski definition) is 12. The number of nitrogens with one attached hydrogen (secondary N) is 6. The van der Waals surface area contributed by atoms with E-state index in [2.05, 4.69) is 31.9 Å². The molecule has 0 aliphatic heterocycles. The zero-order valence-electron chi connectivity index (χ0n) is 31.6. The van der Waals surface area contributed by atoms with Crippen LogP contribution in [-0.4, -0.2) is 133 Å². The lowest BCUT2D eigenvalue weighted by atomic mass is 9.97. The van der Waals surface area contributed by atoms with Crippen LogP contribution in [0.25, 0.3) is 0 Å². The van der Waals surface area contributed by atoms with Crippen molar-refractivity contribution in [1.82, 2.24) is 31.9 Å². The summed E-state index contributed by atoms with van der Waals surface area (Å²) in [6.45, 7) is 8.84. The molecule has 0 aromatic rings. The highest BCUT2D eigenvalue weighted by atomic mass is 16.4. The van der Waals surface area contributed by atoms with Gasteiger partial charge >= 0.3 is 23.9 Å². The zero-order valence-corrected chi connectivity index (χ0v) is 31.6. The predicted octanol–water partition coefficient (Wildman–Crippen LogP) is -3.00. The van der Waals surface area contributed by atoms with Crippen LogP contribution in [0, 0.1) is 11.8 Å². The number of aliphatic carboxylic acids is 4. The van der Waals surface area contributed by atoms with E-state index in [0.717, 1.165) is 6.92 Å². The number of hydrogen-bond acceptors (Lipinski definition) is 12. The highest BCUT2D eigenvalue weighted by molar-refractivity contribution is 5.97. The smallest absolute Gasteiger partial charge is 0.326 e. The molecule has 13 N–H and O–H groups in total. The minimum absolute atomic E-state index is 0.272. The van der Waals surface area contributed by atoms with Gasteiger partial charge in [-0.1, -0.05) is 34.1 Å². The van der Waals surface area contributed by atoms with Crippen LogP contribution in [0.15, 0.2) is 0 Å². The van der Waals surface area contributed by atoms with E-state index in [9.17, 15) is 68.4 Å². The predicted molar refractivity (Wildman–Crippen MR) is 189 cm³/mol. The molecule has 0 heterocycles. The van der Waals surface area contributed by atoms with E-state index in [1.165, 1.54) is 6.92 Å². The van der Waals surface area contributed by atoms with Gasteiger partial charge in [0.25, 0.3) is 0 Å². The quantitative estimate of drug-likeness (QED) is 0.0415. The van der Waals surface area contributed by atoms with Gasteiger partial charge in [-0.05, 0) is 44.9 Å². The number of carbonyl (C=O) groups excluding carboxylic acids is 6. The number of nitrogens with two attached hydrogens (primary N) is 1. The second-order valence-corrected chi connectivity index (χ2v) is 13.4. The fraction of sp³-hybridized carbons (Fsp3) is 0.697. The van der Waals surface area contributed by atoms with Crippen molar-refractivity contribution >= 4 is 59.3 Å². The lowest BCUT2D eigenvalue weighted by Gasteiger charge is -2.29. The molecule has 0 rings (SSSR count). The van der Waals surface area contributed by atoms with Gasteiger partial charge in [0.15, 0.2) is 0 Å². The Bertz CT molecular complexity index is 1410. The van der Waals surface area contributed by atoms with Gasteiger partial charge in [-0.25, -0.2) is 4.79 Å². The molecule has 0 saturated heterocycles. The van der Waals surface area contributed by atoms with Crippen molar-refractivity contribution in [3.05, 3.63) is 0 Å². The number of rotatable bonds is 26. The van der Waals surface area contributed by atoms with E-state index in [4.69, 9.17) is 10.8 Å². The van der Waals surface area contributed by atoms with Crippen LogP contribution in [0.4, 0.5) is 0 Å². The van der Waals surface area contributed by atoms with Gasteiger partial charge in [0, 0.05) is 19.3 Å². The molecule has 0 saturated carbocycles. The van der Waals surface area contributed by atoms with Crippen LogP contribution in [0.3, 0.4) is 0 Å². The normalized spacial score (nSPS) is 15.9. The summed E-state index contributed by atoms with van der Waals surface area (Å²) in [5.74, 6) is -12.6. The molecule has 0 aromatic carbocycles. The largest absolute Gasteiger partial charge is 0.481 e. The van der Waals surface area contributed by atoms with Crippen LogP contribution < -0.4 is 37.6 Å². The number of carboxylic acid groups (broad SMARTS) is 4. The molecule has 0 aliphatic rings. The summed E-state index contributed by atoms with van der Waals surface area (Å²) in [5.41, 5.74) is 5.82. The summed E-state index contributed by atoms with van der Waals surface area (Å²) in [4.78, 5) is 124. The fourth-order valence-corrected chi connectivity index (χ4v) is 4.71. The third-order valence-electron chi connectivity index (χ3n) is 8.45. The molecule has 0 radical (unpaired) electrons. The first kappa shape index (κ1) is 49.6. The van der Waals surface area contributed by atoms with Crippen molar-refractivity contribution in [2.24, 2.45) is 17.6 Å². The van der Waals surface area contributed by atoms with Crippen molar-refractivity contribution in [2.45, 2.75) is 135 Å². The topological polar surface area (TPSA) is 370 Å². The molecular formula is C33H55N7O15. The van der Waals surface area contributed by atoms with Crippen LogP contribution >= 0.6 is 0 Å². The van der Waals surface area contributed by atoms with Crippen LogP contribution in [0.1, 0.15) is 86.5 Å². The molecule has 312 valence electrons. The molecule has 55 heavy (non-hydrogen) atoms. The molecule has 0 spiro atoms. The van der Waals surface area contributed by atoms with E-state index in [0.29, 0.717) is 0 Å². The van der Waals surface area contributed by atoms with Gasteiger partial charge in [0.2, 0.25) is 35.4 Å². The number of aliphatic hydroxyl groups is 1. The van der Waals surface area contributed by atoms with E-state index in [1.807, 2.05) is 0 Å².